The van der Waals surface area contributed by atoms with Crippen molar-refractivity contribution in [3.05, 3.63) is 23.8 Å². The summed E-state index contributed by atoms with van der Waals surface area (Å²) < 4.78 is 14.0. The summed E-state index contributed by atoms with van der Waals surface area (Å²) in [6.07, 6.45) is 8.07. The van der Waals surface area contributed by atoms with Gasteiger partial charge in [0, 0.05) is 19.2 Å². The Kier molecular flexibility index (Phi) is 6.75. The van der Waals surface area contributed by atoms with Crippen molar-refractivity contribution in [1.29, 1.82) is 0 Å². The molecular weight excluding hydrogens is 248 g/mol. The molecule has 0 aromatic rings. The Bertz CT molecular complexity index is 388. The van der Waals surface area contributed by atoms with Gasteiger partial charge in [-0.15, -0.1) is 0 Å². The highest BCUT2D eigenvalue weighted by Crippen LogP contribution is 2.15. The molecule has 0 aliphatic carbocycles. The summed E-state index contributed by atoms with van der Waals surface area (Å²) in [5.41, 5.74) is 0. The van der Waals surface area contributed by atoms with Gasteiger partial charge < -0.3 is 0 Å². The molecule has 5 heteroatoms. The highest BCUT2D eigenvalue weighted by Gasteiger charge is 2.22. The topological polar surface area (TPSA) is 49.7 Å². The van der Waals surface area contributed by atoms with E-state index >= 15 is 0 Å². The Morgan fingerprint density at radius 1 is 1.56 bits per heavy atom. The van der Waals surface area contributed by atoms with E-state index in [9.17, 15) is 9.00 Å². The summed E-state index contributed by atoms with van der Waals surface area (Å²) in [5, 5.41) is 0.460. The number of ketones is 1. The number of allylic oxidation sites excluding steroid dienone is 2. The number of carbonyl (C=O) groups is 1. The van der Waals surface area contributed by atoms with Gasteiger partial charge in [-0.2, -0.15) is 0 Å². The molecule has 0 aromatic carbocycles. The monoisotopic (exact) mass is 268 g/mol. The van der Waals surface area contributed by atoms with Crippen molar-refractivity contribution in [2.75, 3.05) is 13.1 Å². The van der Waals surface area contributed by atoms with Gasteiger partial charge in [0.2, 0.25) is 0 Å². The number of rotatable bonds is 5. The molecule has 0 saturated carbocycles. The lowest BCUT2D eigenvalue weighted by atomic mass is 10.2. The Morgan fingerprint density at radius 3 is 3.00 bits per heavy atom. The molecule has 1 aliphatic heterocycles. The smallest absolute Gasteiger partial charge is 0.147 e. The maximum atomic E-state index is 12.3. The minimum atomic E-state index is -1.37. The van der Waals surface area contributed by atoms with E-state index in [1.165, 1.54) is 0 Å². The zero-order chi connectivity index (χ0) is 13.4. The summed E-state index contributed by atoms with van der Waals surface area (Å²) in [4.78, 5) is 15.7. The summed E-state index contributed by atoms with van der Waals surface area (Å²) in [6, 6.07) is 0. The zero-order valence-electron chi connectivity index (χ0n) is 10.8. The van der Waals surface area contributed by atoms with E-state index in [2.05, 4.69) is 11.6 Å². The molecule has 1 saturated heterocycles. The van der Waals surface area contributed by atoms with Gasteiger partial charge in [-0.1, -0.05) is 19.6 Å². The number of carbonyl (C=O) groups excluding carboxylic acids is 1. The van der Waals surface area contributed by atoms with Crippen LogP contribution in [0.5, 0.6) is 0 Å². The molecule has 0 radical (unpaired) electrons. The van der Waals surface area contributed by atoms with Crippen LogP contribution in [0.25, 0.3) is 0 Å². The van der Waals surface area contributed by atoms with Crippen LogP contribution in [0.4, 0.5) is 0 Å². The molecule has 4 nitrogen and oxygen atoms in total. The third kappa shape index (κ3) is 4.66. The second kappa shape index (κ2) is 8.11. The van der Waals surface area contributed by atoms with E-state index in [4.69, 9.17) is 0 Å². The van der Waals surface area contributed by atoms with Crippen LogP contribution in [-0.4, -0.2) is 33.6 Å². The molecule has 1 aliphatic rings. The van der Waals surface area contributed by atoms with Crippen LogP contribution in [0.2, 0.25) is 0 Å². The average Bonchev–Trinajstić information content (AvgIpc) is 2.58. The van der Waals surface area contributed by atoms with Gasteiger partial charge >= 0.3 is 0 Å². The lowest BCUT2D eigenvalue weighted by molar-refractivity contribution is -0.118. The Morgan fingerprint density at radius 2 is 2.33 bits per heavy atom. The van der Waals surface area contributed by atoms with E-state index in [1.807, 2.05) is 6.92 Å². The van der Waals surface area contributed by atoms with E-state index < -0.39 is 11.0 Å². The highest BCUT2D eigenvalue weighted by molar-refractivity contribution is 7.86. The molecule has 1 heterocycles. The van der Waals surface area contributed by atoms with Gasteiger partial charge in [-0.05, 0) is 25.3 Å². The SMILES string of the molecule is C=C/C=C(\N=C/CC)S(=O)N1CCCCC(=O)C1. The molecule has 100 valence electrons. The number of aliphatic imine (C=N–C) groups is 1. The number of nitrogens with zero attached hydrogens (tertiary/aromatic N) is 2. The lowest BCUT2D eigenvalue weighted by Gasteiger charge is -2.17. The summed E-state index contributed by atoms with van der Waals surface area (Å²) in [5.74, 6) is 0.151. The van der Waals surface area contributed by atoms with Crippen LogP contribution in [0.3, 0.4) is 0 Å². The van der Waals surface area contributed by atoms with Crippen molar-refractivity contribution in [1.82, 2.24) is 4.31 Å². The maximum Gasteiger partial charge on any atom is 0.147 e. The predicted octanol–water partition coefficient (Wildman–Crippen LogP) is 2.21. The molecule has 0 amide bonds. The quantitative estimate of drug-likeness (QED) is 0.567. The van der Waals surface area contributed by atoms with Gasteiger partial charge in [-0.25, -0.2) is 8.51 Å². The Hall–Kier alpha value is -1.07. The highest BCUT2D eigenvalue weighted by atomic mass is 32.2. The summed E-state index contributed by atoms with van der Waals surface area (Å²) in [7, 11) is -1.37. The van der Waals surface area contributed by atoms with Gasteiger partial charge in [0.15, 0.2) is 0 Å². The Labute approximate surface area is 111 Å². The first-order valence-corrected chi connectivity index (χ1v) is 7.33. The zero-order valence-corrected chi connectivity index (χ0v) is 11.6. The third-order valence-corrected chi connectivity index (χ3v) is 3.92. The van der Waals surface area contributed by atoms with Crippen molar-refractivity contribution in [3.63, 3.8) is 0 Å². The first-order chi connectivity index (χ1) is 8.69. The van der Waals surface area contributed by atoms with Crippen LogP contribution < -0.4 is 0 Å². The fraction of sp³-hybridized carbons (Fsp3) is 0.538. The van der Waals surface area contributed by atoms with Crippen LogP contribution in [0.15, 0.2) is 28.8 Å². The minimum Gasteiger partial charge on any atom is -0.298 e. The molecule has 18 heavy (non-hydrogen) atoms. The molecule has 0 spiro atoms. The number of hydrogen-bond acceptors (Lipinski definition) is 3. The van der Waals surface area contributed by atoms with Gasteiger partial charge in [0.25, 0.3) is 0 Å². The molecule has 1 rings (SSSR count). The Balaban J connectivity index is 2.81. The van der Waals surface area contributed by atoms with Gasteiger partial charge in [-0.3, -0.25) is 9.79 Å². The molecule has 0 bridgehead atoms. The molecule has 1 fully saturated rings. The first kappa shape index (κ1) is 15.0. The normalized spacial score (nSPS) is 20.9. The second-order valence-electron chi connectivity index (χ2n) is 4.07. The minimum absolute atomic E-state index is 0.151. The summed E-state index contributed by atoms with van der Waals surface area (Å²) in [6.45, 7) is 6.49. The predicted molar refractivity (Wildman–Crippen MR) is 75.6 cm³/mol. The molecule has 0 N–H and O–H groups in total. The standard InChI is InChI=1S/C13H20N2O2S/c1-3-7-13(14-9-4-2)18(17)15-10-6-5-8-12(16)11-15/h3,7,9H,1,4-6,8,10-11H2,2H3/b13-7+,14-9-. The number of hydrogen-bond donors (Lipinski definition) is 0. The fourth-order valence-corrected chi connectivity index (χ4v) is 2.87. The van der Waals surface area contributed by atoms with Crippen LogP contribution in [0.1, 0.15) is 32.6 Å². The van der Waals surface area contributed by atoms with Crippen molar-refractivity contribution < 1.29 is 9.00 Å². The molecule has 0 aromatic heterocycles. The van der Waals surface area contributed by atoms with Gasteiger partial charge in [0.05, 0.1) is 6.54 Å². The third-order valence-electron chi connectivity index (χ3n) is 2.54. The van der Waals surface area contributed by atoms with Crippen LogP contribution in [-0.2, 0) is 15.8 Å². The van der Waals surface area contributed by atoms with Crippen molar-refractivity contribution in [2.45, 2.75) is 32.6 Å². The molecular formula is C13H20N2O2S. The van der Waals surface area contributed by atoms with Gasteiger partial charge in [0.1, 0.15) is 21.8 Å². The fourth-order valence-electron chi connectivity index (χ4n) is 1.67. The van der Waals surface area contributed by atoms with E-state index in [0.29, 0.717) is 18.0 Å². The van der Waals surface area contributed by atoms with Crippen molar-refractivity contribution in [3.8, 4) is 0 Å². The van der Waals surface area contributed by atoms with E-state index in [0.717, 1.165) is 19.3 Å². The van der Waals surface area contributed by atoms with Crippen LogP contribution in [0, 0.1) is 0 Å². The van der Waals surface area contributed by atoms with Crippen molar-refractivity contribution in [2.24, 2.45) is 4.99 Å². The molecule has 1 unspecified atom stereocenters. The maximum absolute atomic E-state index is 12.3. The summed E-state index contributed by atoms with van der Waals surface area (Å²) >= 11 is 0. The van der Waals surface area contributed by atoms with Crippen molar-refractivity contribution >= 4 is 23.0 Å². The lowest BCUT2D eigenvalue weighted by Crippen LogP contribution is -2.31. The van der Waals surface area contributed by atoms with E-state index in [-0.39, 0.29) is 12.3 Å². The average molecular weight is 268 g/mol. The largest absolute Gasteiger partial charge is 0.298 e. The first-order valence-electron chi connectivity index (χ1n) is 6.22. The molecule has 1 atom stereocenters. The van der Waals surface area contributed by atoms with Crippen LogP contribution >= 0.6 is 0 Å². The van der Waals surface area contributed by atoms with E-state index in [1.54, 1.807) is 22.7 Å². The number of Topliss-reactive ketones (excluding diaryl/α,β-unsaturated/α-hetero) is 1. The second-order valence-corrected chi connectivity index (χ2v) is 5.50.